The van der Waals surface area contributed by atoms with Crippen molar-refractivity contribution in [3.05, 3.63) is 70.8 Å². The molecule has 1 fully saturated rings. The average Bonchev–Trinajstić information content (AvgIpc) is 2.77. The number of allylic oxidation sites excluding steroid dienone is 1. The number of hydrogen-bond acceptors (Lipinski definition) is 7. The van der Waals surface area contributed by atoms with E-state index in [9.17, 15) is 24.9 Å². The highest BCUT2D eigenvalue weighted by Gasteiger charge is 2.45. The summed E-state index contributed by atoms with van der Waals surface area (Å²) in [5.74, 6) is 0. The first kappa shape index (κ1) is 28.3. The Hall–Kier alpha value is -2.91. The van der Waals surface area contributed by atoms with Crippen molar-refractivity contribution < 1.29 is 24.9 Å². The number of nitrogens with one attached hydrogen (secondary N) is 1. The molecule has 1 aliphatic rings. The Bertz CT molecular complexity index is 1080. The number of halogens is 1. The Morgan fingerprint density at radius 2 is 1.77 bits per heavy atom. The van der Waals surface area contributed by atoms with E-state index < -0.39 is 17.1 Å². The molecule has 1 amide bonds. The van der Waals surface area contributed by atoms with Crippen molar-refractivity contribution in [2.45, 2.75) is 44.7 Å². The Morgan fingerprint density at radius 3 is 2.29 bits per heavy atom. The molecule has 0 saturated carbocycles. The highest BCUT2D eigenvalue weighted by atomic mass is 35.5. The molecule has 8 nitrogen and oxygen atoms in total. The zero-order valence-electron chi connectivity index (χ0n) is 20.7. The van der Waals surface area contributed by atoms with Crippen LogP contribution < -0.4 is 10.2 Å². The van der Waals surface area contributed by atoms with E-state index in [1.807, 2.05) is 26.0 Å². The first-order valence-corrected chi connectivity index (χ1v) is 11.5. The Kier molecular flexibility index (Phi) is 8.73. The van der Waals surface area contributed by atoms with Crippen LogP contribution in [0.25, 0.3) is 0 Å². The van der Waals surface area contributed by atoms with Crippen LogP contribution in [0.5, 0.6) is 0 Å². The van der Waals surface area contributed by atoms with Gasteiger partial charge in [-0.15, -0.1) is 6.58 Å². The molecular formula is C26H34ClN3O5. The van der Waals surface area contributed by atoms with Crippen molar-refractivity contribution in [3.63, 3.8) is 0 Å². The summed E-state index contributed by atoms with van der Waals surface area (Å²) in [7, 11) is 1.30. The summed E-state index contributed by atoms with van der Waals surface area (Å²) in [5, 5.41) is 33.4. The minimum atomic E-state index is -3.13. The van der Waals surface area contributed by atoms with Crippen LogP contribution in [-0.4, -0.2) is 59.2 Å². The van der Waals surface area contributed by atoms with E-state index in [0.29, 0.717) is 29.4 Å². The lowest BCUT2D eigenvalue weighted by molar-refractivity contribution is -0.307. The van der Waals surface area contributed by atoms with Crippen LogP contribution in [0.1, 0.15) is 37.5 Å². The fourth-order valence-corrected chi connectivity index (χ4v) is 4.27. The molecule has 9 heteroatoms. The van der Waals surface area contributed by atoms with Gasteiger partial charge in [-0.1, -0.05) is 35.9 Å². The van der Waals surface area contributed by atoms with Crippen LogP contribution >= 0.6 is 11.6 Å². The standard InChI is InChI=1S/C23H28ClN3O5.C3H6/c1-15-17(6-5-7-19(15)24)22(11-27(12-22)14-29)25-16-8-9-18(21(2,3)13-28)20(10-16)26(4)23(30,31)32;1-3-2/h5-10,13-14,25,30-32H,11-12H2,1-4H3;3H,1H2,2H3. The SMILES string of the molecule is C=CC.Cc1c(Cl)cccc1C1(Nc2ccc(C(C)(C)C=O)c(N(C)C(O)(O)O)c2)CN(C=O)C1. The average molecular weight is 504 g/mol. The fraction of sp³-hybridized carbons (Fsp3) is 0.385. The van der Waals surface area contributed by atoms with Gasteiger partial charge in [-0.25, -0.2) is 0 Å². The number of anilines is 2. The Labute approximate surface area is 211 Å². The maximum Gasteiger partial charge on any atom is 0.369 e. The summed E-state index contributed by atoms with van der Waals surface area (Å²) in [6.45, 7) is 11.4. The van der Waals surface area contributed by atoms with Gasteiger partial charge in [-0.05, 0) is 62.6 Å². The van der Waals surface area contributed by atoms with Crippen molar-refractivity contribution >= 4 is 35.7 Å². The van der Waals surface area contributed by atoms with Gasteiger partial charge in [0.1, 0.15) is 6.29 Å². The van der Waals surface area contributed by atoms with Crippen molar-refractivity contribution in [1.82, 2.24) is 4.90 Å². The molecule has 0 atom stereocenters. The smallest absolute Gasteiger partial charge is 0.369 e. The van der Waals surface area contributed by atoms with Crippen molar-refractivity contribution in [2.24, 2.45) is 0 Å². The van der Waals surface area contributed by atoms with Crippen LogP contribution in [-0.2, 0) is 20.5 Å². The van der Waals surface area contributed by atoms with Crippen molar-refractivity contribution in [3.8, 4) is 0 Å². The summed E-state index contributed by atoms with van der Waals surface area (Å²) in [6.07, 6.45) is 0.163. The van der Waals surface area contributed by atoms with Crippen LogP contribution in [0.15, 0.2) is 49.1 Å². The van der Waals surface area contributed by atoms with E-state index in [2.05, 4.69) is 11.9 Å². The number of nitrogens with zero attached hydrogens (tertiary/aromatic N) is 2. The molecule has 0 spiro atoms. The number of carbonyl (C=O) groups is 2. The zero-order chi connectivity index (χ0) is 26.6. The third-order valence-electron chi connectivity index (χ3n) is 6.06. The van der Waals surface area contributed by atoms with E-state index in [4.69, 9.17) is 11.6 Å². The van der Waals surface area contributed by atoms with Gasteiger partial charge in [-0.3, -0.25) is 9.69 Å². The van der Waals surface area contributed by atoms with Crippen molar-refractivity contribution in [1.29, 1.82) is 0 Å². The molecule has 0 aliphatic carbocycles. The van der Waals surface area contributed by atoms with Crippen LogP contribution in [0.3, 0.4) is 0 Å². The predicted molar refractivity (Wildman–Crippen MR) is 138 cm³/mol. The fourth-order valence-electron chi connectivity index (χ4n) is 4.10. The molecule has 190 valence electrons. The summed E-state index contributed by atoms with van der Waals surface area (Å²) >= 11 is 6.34. The van der Waals surface area contributed by atoms with Gasteiger partial charge >= 0.3 is 6.10 Å². The van der Waals surface area contributed by atoms with Crippen LogP contribution in [0.4, 0.5) is 11.4 Å². The van der Waals surface area contributed by atoms with Gasteiger partial charge in [0, 0.05) is 41.9 Å². The third-order valence-corrected chi connectivity index (χ3v) is 6.47. The molecule has 0 radical (unpaired) electrons. The number of aliphatic hydroxyl groups is 3. The van der Waals surface area contributed by atoms with Gasteiger partial charge in [0.2, 0.25) is 6.41 Å². The second-order valence-electron chi connectivity index (χ2n) is 9.27. The monoisotopic (exact) mass is 503 g/mol. The molecule has 0 bridgehead atoms. The minimum absolute atomic E-state index is 0.254. The van der Waals surface area contributed by atoms with Crippen LogP contribution in [0.2, 0.25) is 5.02 Å². The zero-order valence-corrected chi connectivity index (χ0v) is 21.5. The van der Waals surface area contributed by atoms with E-state index >= 15 is 0 Å². The molecule has 1 saturated heterocycles. The Balaban J connectivity index is 0.00000137. The number of benzene rings is 2. The lowest BCUT2D eigenvalue weighted by atomic mass is 9.79. The molecular weight excluding hydrogens is 470 g/mol. The number of hydrogen-bond donors (Lipinski definition) is 4. The summed E-state index contributed by atoms with van der Waals surface area (Å²) in [5.41, 5.74) is 1.63. The van der Waals surface area contributed by atoms with Gasteiger partial charge in [0.05, 0.1) is 5.54 Å². The summed E-state index contributed by atoms with van der Waals surface area (Å²) < 4.78 is 0. The number of rotatable bonds is 8. The molecule has 3 rings (SSSR count). The van der Waals surface area contributed by atoms with Gasteiger partial charge in [-0.2, -0.15) is 0 Å². The van der Waals surface area contributed by atoms with E-state index in [0.717, 1.165) is 28.7 Å². The summed E-state index contributed by atoms with van der Waals surface area (Å²) in [6, 6.07) is 10.7. The lowest BCUT2D eigenvalue weighted by Gasteiger charge is -2.50. The van der Waals surface area contributed by atoms with Gasteiger partial charge in [0.15, 0.2) is 0 Å². The largest absolute Gasteiger partial charge is 0.372 e. The molecule has 1 heterocycles. The second kappa shape index (κ2) is 10.8. The number of aldehydes is 1. The highest BCUT2D eigenvalue weighted by molar-refractivity contribution is 6.31. The molecule has 35 heavy (non-hydrogen) atoms. The normalized spacial score (nSPS) is 14.7. The lowest BCUT2D eigenvalue weighted by Crippen LogP contribution is -2.63. The number of likely N-dealkylation sites (tertiary alicyclic amines) is 1. The second-order valence-corrected chi connectivity index (χ2v) is 9.68. The van der Waals surface area contributed by atoms with E-state index in [1.165, 1.54) is 7.05 Å². The quantitative estimate of drug-likeness (QED) is 0.248. The molecule has 0 aromatic heterocycles. The van der Waals surface area contributed by atoms with E-state index in [-0.39, 0.29) is 5.69 Å². The minimum Gasteiger partial charge on any atom is -0.372 e. The topological polar surface area (TPSA) is 113 Å². The molecule has 0 unspecified atom stereocenters. The first-order valence-electron chi connectivity index (χ1n) is 11.1. The maximum atomic E-state index is 11.7. The molecule has 2 aromatic carbocycles. The van der Waals surface area contributed by atoms with Gasteiger partial charge < -0.3 is 30.3 Å². The number of carbonyl (C=O) groups excluding carboxylic acids is 2. The maximum absolute atomic E-state index is 11.7. The highest BCUT2D eigenvalue weighted by Crippen LogP contribution is 2.41. The summed E-state index contributed by atoms with van der Waals surface area (Å²) in [4.78, 5) is 25.5. The Morgan fingerprint density at radius 1 is 1.17 bits per heavy atom. The molecule has 2 aromatic rings. The van der Waals surface area contributed by atoms with Crippen LogP contribution in [0, 0.1) is 6.92 Å². The van der Waals surface area contributed by atoms with Crippen molar-refractivity contribution in [2.75, 3.05) is 30.4 Å². The molecule has 1 aliphatic heterocycles. The number of amides is 1. The predicted octanol–water partition coefficient (Wildman–Crippen LogP) is 3.12. The van der Waals surface area contributed by atoms with Gasteiger partial charge in [0.25, 0.3) is 0 Å². The van der Waals surface area contributed by atoms with E-state index in [1.54, 1.807) is 49.1 Å². The molecule has 4 N–H and O–H groups in total. The first-order chi connectivity index (χ1) is 16.3. The third kappa shape index (κ3) is 6.02.